The number of halogens is 3. The normalized spacial score (nSPS) is 13.5. The van der Waals surface area contributed by atoms with Gasteiger partial charge in [0.15, 0.2) is 11.5 Å². The smallest absolute Gasteiger partial charge is 0.454 e. The molecular formula is C10H6F3N3O5. The van der Waals surface area contributed by atoms with Crippen molar-refractivity contribution in [2.75, 3.05) is 6.79 Å². The molecule has 0 bridgehead atoms. The molecule has 0 aromatic heterocycles. The number of hydrogen-bond donors (Lipinski definition) is 1. The first-order valence-electron chi connectivity index (χ1n) is 5.27. The number of alkyl halides is 3. The van der Waals surface area contributed by atoms with Crippen molar-refractivity contribution in [2.24, 2.45) is 5.10 Å². The molecule has 0 atom stereocenters. The molecule has 1 aliphatic rings. The fourth-order valence-electron chi connectivity index (χ4n) is 1.43. The molecule has 1 aromatic rings. The van der Waals surface area contributed by atoms with E-state index in [2.05, 4.69) is 5.10 Å². The highest BCUT2D eigenvalue weighted by Crippen LogP contribution is 2.37. The Balaban J connectivity index is 2.23. The van der Waals surface area contributed by atoms with Gasteiger partial charge in [0, 0.05) is 0 Å². The molecule has 1 N–H and O–H groups in total. The molecule has 1 aromatic carbocycles. The second kappa shape index (κ2) is 5.26. The summed E-state index contributed by atoms with van der Waals surface area (Å²) in [5.41, 5.74) is 0.615. The molecule has 11 heteroatoms. The Hall–Kier alpha value is -2.85. The van der Waals surface area contributed by atoms with E-state index in [1.807, 2.05) is 0 Å². The minimum atomic E-state index is -5.10. The third-order valence-corrected chi connectivity index (χ3v) is 2.35. The Kier molecular flexibility index (Phi) is 3.65. The van der Waals surface area contributed by atoms with Crippen LogP contribution in [-0.2, 0) is 4.79 Å². The minimum Gasteiger partial charge on any atom is -0.454 e. The maximum Gasteiger partial charge on any atom is 0.473 e. The van der Waals surface area contributed by atoms with Gasteiger partial charge in [0.2, 0.25) is 6.79 Å². The number of nitro groups is 1. The van der Waals surface area contributed by atoms with E-state index in [1.165, 1.54) is 11.5 Å². The van der Waals surface area contributed by atoms with Crippen LogP contribution < -0.4 is 14.9 Å². The number of ether oxygens (including phenoxy) is 2. The summed E-state index contributed by atoms with van der Waals surface area (Å²) in [6, 6.07) is 2.22. The molecule has 0 saturated carbocycles. The second-order valence-electron chi connectivity index (χ2n) is 3.72. The van der Waals surface area contributed by atoms with E-state index in [4.69, 9.17) is 9.47 Å². The van der Waals surface area contributed by atoms with Crippen molar-refractivity contribution in [1.82, 2.24) is 5.43 Å². The highest BCUT2D eigenvalue weighted by atomic mass is 19.4. The summed E-state index contributed by atoms with van der Waals surface area (Å²) in [6.45, 7) is -0.127. The van der Waals surface area contributed by atoms with Gasteiger partial charge < -0.3 is 9.47 Å². The molecule has 0 radical (unpaired) electrons. The minimum absolute atomic E-state index is 0.127. The maximum absolute atomic E-state index is 11.9. The lowest BCUT2D eigenvalue weighted by molar-refractivity contribution is -0.385. The van der Waals surface area contributed by atoms with Crippen molar-refractivity contribution in [3.8, 4) is 11.5 Å². The molecule has 0 unspecified atom stereocenters. The summed E-state index contributed by atoms with van der Waals surface area (Å²) in [4.78, 5) is 20.6. The lowest BCUT2D eigenvalue weighted by atomic mass is 10.1. The molecule has 112 valence electrons. The van der Waals surface area contributed by atoms with Gasteiger partial charge in [0.1, 0.15) is 0 Å². The molecule has 0 saturated heterocycles. The Labute approximate surface area is 114 Å². The number of amides is 1. The van der Waals surface area contributed by atoms with Gasteiger partial charge in [-0.1, -0.05) is 0 Å². The number of carbonyl (C=O) groups is 1. The number of nitrogens with zero attached hydrogens (tertiary/aromatic N) is 2. The van der Waals surface area contributed by atoms with Crippen molar-refractivity contribution in [2.45, 2.75) is 6.18 Å². The van der Waals surface area contributed by atoms with Gasteiger partial charge in [-0.05, 0) is 6.07 Å². The quantitative estimate of drug-likeness (QED) is 0.515. The summed E-state index contributed by atoms with van der Waals surface area (Å²) < 4.78 is 45.7. The molecular weight excluding hydrogens is 299 g/mol. The van der Waals surface area contributed by atoms with Gasteiger partial charge in [-0.2, -0.15) is 18.3 Å². The average molecular weight is 305 g/mol. The molecule has 8 nitrogen and oxygen atoms in total. The van der Waals surface area contributed by atoms with Gasteiger partial charge >= 0.3 is 12.1 Å². The standard InChI is InChI=1S/C10H6F3N3O5/c11-10(12,13)9(17)15-14-3-5-1-7-8(21-4-20-7)2-6(5)16(18)19/h1-3H,4H2,(H,15,17)/b14-3-. The predicted molar refractivity (Wildman–Crippen MR) is 61.0 cm³/mol. The van der Waals surface area contributed by atoms with Crippen LogP contribution in [0.3, 0.4) is 0 Å². The van der Waals surface area contributed by atoms with Crippen LogP contribution in [0.5, 0.6) is 11.5 Å². The first kappa shape index (κ1) is 14.6. The molecule has 0 fully saturated rings. The molecule has 1 amide bonds. The lowest BCUT2D eigenvalue weighted by Gasteiger charge is -2.03. The average Bonchev–Trinajstić information content (AvgIpc) is 2.83. The van der Waals surface area contributed by atoms with Crippen molar-refractivity contribution >= 4 is 17.8 Å². The Morgan fingerprint density at radius 1 is 1.38 bits per heavy atom. The van der Waals surface area contributed by atoms with Crippen molar-refractivity contribution in [3.05, 3.63) is 27.8 Å². The molecule has 0 spiro atoms. The zero-order valence-electron chi connectivity index (χ0n) is 10.0. The summed E-state index contributed by atoms with van der Waals surface area (Å²) >= 11 is 0. The van der Waals surface area contributed by atoms with Crippen LogP contribution in [0.2, 0.25) is 0 Å². The van der Waals surface area contributed by atoms with Gasteiger partial charge in [0.25, 0.3) is 5.69 Å². The lowest BCUT2D eigenvalue weighted by Crippen LogP contribution is -2.33. The van der Waals surface area contributed by atoms with Gasteiger partial charge in [-0.15, -0.1) is 0 Å². The SMILES string of the molecule is O=C(N/N=C\c1cc2c(cc1[N+](=O)[O-])OCO2)C(F)(F)F. The number of carbonyl (C=O) groups excluding carboxylic acids is 1. The fraction of sp³-hybridized carbons (Fsp3) is 0.200. The number of benzene rings is 1. The molecule has 1 heterocycles. The summed E-state index contributed by atoms with van der Waals surface area (Å²) in [6.07, 6.45) is -4.39. The van der Waals surface area contributed by atoms with E-state index in [1.54, 1.807) is 0 Å². The van der Waals surface area contributed by atoms with Crippen LogP contribution in [0.4, 0.5) is 18.9 Å². The Morgan fingerprint density at radius 2 is 2.00 bits per heavy atom. The third kappa shape index (κ3) is 3.19. The Bertz CT molecular complexity index is 629. The summed E-state index contributed by atoms with van der Waals surface area (Å²) in [7, 11) is 0. The number of fused-ring (bicyclic) bond motifs is 1. The van der Waals surface area contributed by atoms with Gasteiger partial charge in [0.05, 0.1) is 22.8 Å². The summed E-state index contributed by atoms with van der Waals surface area (Å²) in [5, 5.41) is 13.9. The van der Waals surface area contributed by atoms with Crippen LogP contribution >= 0.6 is 0 Å². The second-order valence-corrected chi connectivity index (χ2v) is 3.72. The van der Waals surface area contributed by atoms with Crippen LogP contribution in [-0.4, -0.2) is 30.0 Å². The highest BCUT2D eigenvalue weighted by molar-refractivity contribution is 5.89. The first-order chi connectivity index (χ1) is 9.79. The van der Waals surface area contributed by atoms with Crippen LogP contribution in [0.25, 0.3) is 0 Å². The summed E-state index contributed by atoms with van der Waals surface area (Å²) in [5.74, 6) is -1.97. The van der Waals surface area contributed by atoms with Gasteiger partial charge in [-0.3, -0.25) is 14.9 Å². The monoisotopic (exact) mass is 305 g/mol. The first-order valence-corrected chi connectivity index (χ1v) is 5.27. The topological polar surface area (TPSA) is 103 Å². The van der Waals surface area contributed by atoms with Crippen LogP contribution in [0.15, 0.2) is 17.2 Å². The van der Waals surface area contributed by atoms with E-state index in [0.717, 1.165) is 6.07 Å². The number of hydrogen-bond acceptors (Lipinski definition) is 6. The van der Waals surface area contributed by atoms with Crippen LogP contribution in [0, 0.1) is 10.1 Å². The number of nitrogens with one attached hydrogen (secondary N) is 1. The number of hydrazone groups is 1. The van der Waals surface area contributed by atoms with E-state index in [9.17, 15) is 28.1 Å². The zero-order valence-corrected chi connectivity index (χ0v) is 10.0. The highest BCUT2D eigenvalue weighted by Gasteiger charge is 2.38. The van der Waals surface area contributed by atoms with E-state index in [-0.39, 0.29) is 23.9 Å². The maximum atomic E-state index is 11.9. The van der Waals surface area contributed by atoms with Gasteiger partial charge in [-0.25, -0.2) is 5.43 Å². The molecule has 1 aliphatic heterocycles. The van der Waals surface area contributed by atoms with E-state index >= 15 is 0 Å². The molecule has 2 rings (SSSR count). The van der Waals surface area contributed by atoms with Crippen LogP contribution in [0.1, 0.15) is 5.56 Å². The third-order valence-electron chi connectivity index (χ3n) is 2.35. The fourth-order valence-corrected chi connectivity index (χ4v) is 1.43. The zero-order chi connectivity index (χ0) is 15.6. The van der Waals surface area contributed by atoms with E-state index in [0.29, 0.717) is 6.21 Å². The molecule has 0 aliphatic carbocycles. The molecule has 21 heavy (non-hydrogen) atoms. The number of rotatable bonds is 3. The van der Waals surface area contributed by atoms with E-state index < -0.39 is 22.7 Å². The predicted octanol–water partition coefficient (Wildman–Crippen LogP) is 1.34. The van der Waals surface area contributed by atoms with Crippen molar-refractivity contribution in [3.63, 3.8) is 0 Å². The largest absolute Gasteiger partial charge is 0.473 e. The number of nitro benzene ring substituents is 1. The Morgan fingerprint density at radius 3 is 2.57 bits per heavy atom. The van der Waals surface area contributed by atoms with Crippen molar-refractivity contribution < 1.29 is 32.4 Å². The van der Waals surface area contributed by atoms with Crippen molar-refractivity contribution in [1.29, 1.82) is 0 Å².